The number of hydrogen-bond acceptors (Lipinski definition) is 2. The van der Waals surface area contributed by atoms with Gasteiger partial charge in [0, 0.05) is 6.42 Å². The summed E-state index contributed by atoms with van der Waals surface area (Å²) in [5, 5.41) is 0. The highest BCUT2D eigenvalue weighted by molar-refractivity contribution is 5.69. The van der Waals surface area contributed by atoms with Crippen LogP contribution in [0.15, 0.2) is 0 Å². The van der Waals surface area contributed by atoms with Crippen LogP contribution in [0.1, 0.15) is 124 Å². The summed E-state index contributed by atoms with van der Waals surface area (Å²) in [6.07, 6.45) is 18.9. The van der Waals surface area contributed by atoms with Crippen molar-refractivity contribution in [3.63, 3.8) is 0 Å². The number of carbonyl (C=O) groups is 1. The first kappa shape index (κ1) is 24.5. The second kappa shape index (κ2) is 18.3. The third kappa shape index (κ3) is 19.6. The summed E-state index contributed by atoms with van der Waals surface area (Å²) < 4.78 is 5.09. The lowest BCUT2D eigenvalue weighted by Gasteiger charge is -2.11. The van der Waals surface area contributed by atoms with Gasteiger partial charge in [-0.1, -0.05) is 105 Å². The Hall–Kier alpha value is -0.530. The smallest absolute Gasteiger partial charge is 0.305 e. The van der Waals surface area contributed by atoms with Gasteiger partial charge in [0.05, 0.1) is 6.61 Å². The fourth-order valence-corrected chi connectivity index (χ4v) is 3.30. The zero-order valence-corrected chi connectivity index (χ0v) is 17.8. The quantitative estimate of drug-likeness (QED) is 0.186. The van der Waals surface area contributed by atoms with E-state index in [1.165, 1.54) is 77.0 Å². The molecule has 0 aliphatic carbocycles. The summed E-state index contributed by atoms with van der Waals surface area (Å²) in [4.78, 5) is 11.4. The van der Waals surface area contributed by atoms with Gasteiger partial charge in [0.1, 0.15) is 0 Å². The summed E-state index contributed by atoms with van der Waals surface area (Å²) in [6.45, 7) is 9.68. The summed E-state index contributed by atoms with van der Waals surface area (Å²) in [6, 6.07) is 0. The maximum atomic E-state index is 11.4. The maximum absolute atomic E-state index is 11.4. The molecular formula is C23H46O2. The highest BCUT2D eigenvalue weighted by Gasteiger charge is 2.03. The average molecular weight is 355 g/mol. The van der Waals surface area contributed by atoms with Crippen molar-refractivity contribution in [2.75, 3.05) is 6.61 Å². The first-order chi connectivity index (χ1) is 12.1. The largest absolute Gasteiger partial charge is 0.466 e. The zero-order chi connectivity index (χ0) is 18.8. The van der Waals surface area contributed by atoms with Crippen LogP contribution in [0.3, 0.4) is 0 Å². The minimum absolute atomic E-state index is 0.0140. The predicted octanol–water partition coefficient (Wildman–Crippen LogP) is 7.69. The Kier molecular flexibility index (Phi) is 17.9. The van der Waals surface area contributed by atoms with Crippen molar-refractivity contribution in [3.8, 4) is 0 Å². The topological polar surface area (TPSA) is 26.3 Å². The number of unbranched alkanes of at least 4 members (excludes halogenated alkanes) is 8. The van der Waals surface area contributed by atoms with Gasteiger partial charge in [-0.2, -0.15) is 0 Å². The van der Waals surface area contributed by atoms with Crippen LogP contribution in [-0.4, -0.2) is 12.6 Å². The Bertz CT molecular complexity index is 286. The van der Waals surface area contributed by atoms with E-state index in [2.05, 4.69) is 20.8 Å². The van der Waals surface area contributed by atoms with Gasteiger partial charge in [0.2, 0.25) is 0 Å². The van der Waals surface area contributed by atoms with Crippen LogP contribution in [0, 0.1) is 11.8 Å². The van der Waals surface area contributed by atoms with Gasteiger partial charge in [-0.25, -0.2) is 0 Å². The van der Waals surface area contributed by atoms with E-state index < -0.39 is 0 Å². The molecule has 0 saturated carbocycles. The van der Waals surface area contributed by atoms with E-state index in [1.807, 2.05) is 6.92 Å². The van der Waals surface area contributed by atoms with Crippen LogP contribution < -0.4 is 0 Å². The monoisotopic (exact) mass is 354 g/mol. The van der Waals surface area contributed by atoms with Gasteiger partial charge in [-0.05, 0) is 24.7 Å². The molecule has 2 heteroatoms. The van der Waals surface area contributed by atoms with Gasteiger partial charge >= 0.3 is 5.97 Å². The van der Waals surface area contributed by atoms with E-state index in [4.69, 9.17) is 4.74 Å². The van der Waals surface area contributed by atoms with Crippen molar-refractivity contribution < 1.29 is 9.53 Å². The molecule has 0 rings (SSSR count). The molecule has 0 saturated heterocycles. The number of carbonyl (C=O) groups excluding carboxylic acids is 1. The predicted molar refractivity (Wildman–Crippen MR) is 110 cm³/mol. The molecule has 0 heterocycles. The summed E-state index contributed by atoms with van der Waals surface area (Å²) in [5.74, 6) is 1.76. The van der Waals surface area contributed by atoms with Crippen LogP contribution in [0.5, 0.6) is 0 Å². The van der Waals surface area contributed by atoms with Crippen LogP contribution in [0.25, 0.3) is 0 Å². The third-order valence-corrected chi connectivity index (χ3v) is 5.02. The normalized spacial score (nSPS) is 12.5. The third-order valence-electron chi connectivity index (χ3n) is 5.02. The highest BCUT2D eigenvalue weighted by atomic mass is 16.5. The molecule has 150 valence electrons. The zero-order valence-electron chi connectivity index (χ0n) is 17.8. The molecular weight excluding hydrogens is 308 g/mol. The molecule has 0 aromatic carbocycles. The fourth-order valence-electron chi connectivity index (χ4n) is 3.30. The molecule has 25 heavy (non-hydrogen) atoms. The lowest BCUT2D eigenvalue weighted by atomic mass is 9.95. The van der Waals surface area contributed by atoms with Gasteiger partial charge in [0.15, 0.2) is 0 Å². The van der Waals surface area contributed by atoms with E-state index in [-0.39, 0.29) is 5.97 Å². The van der Waals surface area contributed by atoms with Crippen LogP contribution >= 0.6 is 0 Å². The van der Waals surface area contributed by atoms with Crippen molar-refractivity contribution in [3.05, 3.63) is 0 Å². The SMILES string of the molecule is CCCOC(=O)CCCCCCCCC(C)CCCCCCC(C)C. The highest BCUT2D eigenvalue weighted by Crippen LogP contribution is 2.19. The first-order valence-electron chi connectivity index (χ1n) is 11.2. The van der Waals surface area contributed by atoms with E-state index >= 15 is 0 Å². The second-order valence-corrected chi connectivity index (χ2v) is 8.37. The summed E-state index contributed by atoms with van der Waals surface area (Å²) in [5.41, 5.74) is 0. The molecule has 0 aliphatic heterocycles. The van der Waals surface area contributed by atoms with Crippen molar-refractivity contribution >= 4 is 5.97 Å². The molecule has 0 aromatic heterocycles. The minimum atomic E-state index is -0.0140. The van der Waals surface area contributed by atoms with Gasteiger partial charge in [-0.15, -0.1) is 0 Å². The summed E-state index contributed by atoms with van der Waals surface area (Å²) >= 11 is 0. The lowest BCUT2D eigenvalue weighted by Crippen LogP contribution is -2.04. The Balaban J connectivity index is 3.24. The molecule has 0 bridgehead atoms. The molecule has 0 aliphatic rings. The Morgan fingerprint density at radius 3 is 1.72 bits per heavy atom. The average Bonchev–Trinajstić information content (AvgIpc) is 2.58. The number of hydrogen-bond donors (Lipinski definition) is 0. The van der Waals surface area contributed by atoms with E-state index in [0.717, 1.165) is 24.7 Å². The molecule has 1 atom stereocenters. The summed E-state index contributed by atoms with van der Waals surface area (Å²) in [7, 11) is 0. The number of ether oxygens (including phenoxy) is 1. The van der Waals surface area contributed by atoms with Crippen molar-refractivity contribution in [2.45, 2.75) is 124 Å². The van der Waals surface area contributed by atoms with E-state index in [0.29, 0.717) is 13.0 Å². The molecule has 0 aromatic rings. The molecule has 2 nitrogen and oxygen atoms in total. The standard InChI is InChI=1S/C23H46O2/c1-5-20-25-23(24)19-15-9-7-6-8-13-17-22(4)18-14-11-10-12-16-21(2)3/h21-22H,5-20H2,1-4H3. The molecule has 0 radical (unpaired) electrons. The van der Waals surface area contributed by atoms with E-state index in [9.17, 15) is 4.79 Å². The fraction of sp³-hybridized carbons (Fsp3) is 0.957. The Morgan fingerprint density at radius 1 is 0.720 bits per heavy atom. The van der Waals surface area contributed by atoms with Crippen LogP contribution in [-0.2, 0) is 9.53 Å². The molecule has 0 fully saturated rings. The van der Waals surface area contributed by atoms with Gasteiger partial charge in [0.25, 0.3) is 0 Å². The van der Waals surface area contributed by atoms with Crippen LogP contribution in [0.4, 0.5) is 0 Å². The molecule has 0 spiro atoms. The maximum Gasteiger partial charge on any atom is 0.305 e. The van der Waals surface area contributed by atoms with Crippen molar-refractivity contribution in [2.24, 2.45) is 11.8 Å². The van der Waals surface area contributed by atoms with Gasteiger partial charge < -0.3 is 4.74 Å². The minimum Gasteiger partial charge on any atom is -0.466 e. The van der Waals surface area contributed by atoms with Gasteiger partial charge in [-0.3, -0.25) is 4.79 Å². The molecule has 1 unspecified atom stereocenters. The van der Waals surface area contributed by atoms with Crippen LogP contribution in [0.2, 0.25) is 0 Å². The van der Waals surface area contributed by atoms with Crippen molar-refractivity contribution in [1.29, 1.82) is 0 Å². The Morgan fingerprint density at radius 2 is 1.20 bits per heavy atom. The van der Waals surface area contributed by atoms with E-state index in [1.54, 1.807) is 0 Å². The molecule has 0 amide bonds. The lowest BCUT2D eigenvalue weighted by molar-refractivity contribution is -0.143. The number of esters is 1. The second-order valence-electron chi connectivity index (χ2n) is 8.37. The Labute approximate surface area is 158 Å². The first-order valence-corrected chi connectivity index (χ1v) is 11.2. The number of rotatable bonds is 18. The molecule has 0 N–H and O–H groups in total. The van der Waals surface area contributed by atoms with Crippen molar-refractivity contribution in [1.82, 2.24) is 0 Å².